The van der Waals surface area contributed by atoms with Gasteiger partial charge in [-0.25, -0.2) is 8.42 Å². The number of hydrogen-bond acceptors (Lipinski definition) is 6. The predicted molar refractivity (Wildman–Crippen MR) is 136 cm³/mol. The Morgan fingerprint density at radius 3 is 2.27 bits per heavy atom. The van der Waals surface area contributed by atoms with E-state index < -0.39 is 58.0 Å². The van der Waals surface area contributed by atoms with Gasteiger partial charge in [-0.3, -0.25) is 19.3 Å². The molecule has 2 amide bonds. The Kier molecular flexibility index (Phi) is 9.08. The van der Waals surface area contributed by atoms with E-state index >= 15 is 0 Å². The van der Waals surface area contributed by atoms with Crippen LogP contribution in [0.5, 0.6) is 0 Å². The van der Waals surface area contributed by atoms with Crippen LogP contribution >= 0.6 is 11.6 Å². The number of sulfone groups is 1. The number of amides is 2. The van der Waals surface area contributed by atoms with Gasteiger partial charge in [0.2, 0.25) is 0 Å². The molecule has 0 spiro atoms. The first-order valence-corrected chi connectivity index (χ1v) is 14.0. The number of hydrogen-bond donors (Lipinski definition) is 2. The van der Waals surface area contributed by atoms with Gasteiger partial charge in [-0.2, -0.15) is 31.4 Å². The molecule has 0 bridgehead atoms. The molecular weight excluding hydrogens is 604 g/mol. The maximum Gasteiger partial charge on any atom is 0.435 e. The van der Waals surface area contributed by atoms with Crippen LogP contribution in [0.1, 0.15) is 50.4 Å². The van der Waals surface area contributed by atoms with E-state index in [1.165, 1.54) is 44.2 Å². The van der Waals surface area contributed by atoms with E-state index in [2.05, 4.69) is 20.7 Å². The van der Waals surface area contributed by atoms with Crippen LogP contribution in [0, 0.1) is 6.92 Å². The average molecular weight is 626 g/mol. The van der Waals surface area contributed by atoms with E-state index in [0.717, 1.165) is 6.26 Å². The number of pyridine rings is 1. The minimum absolute atomic E-state index is 0.0782. The Morgan fingerprint density at radius 2 is 1.71 bits per heavy atom. The van der Waals surface area contributed by atoms with Crippen LogP contribution in [0.15, 0.2) is 36.4 Å². The molecule has 0 aliphatic heterocycles. The van der Waals surface area contributed by atoms with Crippen molar-refractivity contribution in [2.75, 3.05) is 17.3 Å². The molecule has 0 fully saturated rings. The molecule has 17 heteroatoms. The van der Waals surface area contributed by atoms with E-state index in [1.807, 2.05) is 0 Å². The molecule has 1 aromatic carbocycles. The number of alkyl halides is 6. The second-order valence-electron chi connectivity index (χ2n) is 9.09. The van der Waals surface area contributed by atoms with E-state index in [-0.39, 0.29) is 49.7 Å². The Hall–Kier alpha value is -3.66. The first-order chi connectivity index (χ1) is 18.8. The summed E-state index contributed by atoms with van der Waals surface area (Å²) in [7, 11) is -3.42. The fraction of sp³-hybridized carbons (Fsp3) is 0.333. The maximum absolute atomic E-state index is 13.3. The summed E-state index contributed by atoms with van der Waals surface area (Å²) in [6.45, 7) is 2.10. The van der Waals surface area contributed by atoms with Gasteiger partial charge < -0.3 is 10.6 Å². The monoisotopic (exact) mass is 625 g/mol. The number of carbonyl (C=O) groups is 2. The lowest BCUT2D eigenvalue weighted by Gasteiger charge is -2.16. The highest BCUT2D eigenvalue weighted by Crippen LogP contribution is 2.35. The first-order valence-electron chi connectivity index (χ1n) is 11.5. The minimum atomic E-state index is -5.11. The van der Waals surface area contributed by atoms with Gasteiger partial charge in [0.25, 0.3) is 11.8 Å². The lowest BCUT2D eigenvalue weighted by atomic mass is 10.1. The molecule has 41 heavy (non-hydrogen) atoms. The first kappa shape index (κ1) is 31.9. The van der Waals surface area contributed by atoms with Crippen molar-refractivity contribution in [1.29, 1.82) is 0 Å². The van der Waals surface area contributed by atoms with Gasteiger partial charge in [-0.1, -0.05) is 17.7 Å². The summed E-state index contributed by atoms with van der Waals surface area (Å²) in [5, 5.41) is 7.91. The molecule has 0 saturated carbocycles. The van der Waals surface area contributed by atoms with Crippen molar-refractivity contribution in [1.82, 2.24) is 20.1 Å². The number of nitrogens with zero attached hydrogens (tertiary/aromatic N) is 3. The van der Waals surface area contributed by atoms with Crippen LogP contribution in [0.4, 0.5) is 32.0 Å². The number of aryl methyl sites for hydroxylation is 1. The molecule has 0 saturated heterocycles. The van der Waals surface area contributed by atoms with E-state index in [9.17, 15) is 44.3 Å². The quantitative estimate of drug-likeness (QED) is 0.349. The predicted octanol–water partition coefficient (Wildman–Crippen LogP) is 4.74. The number of anilines is 1. The van der Waals surface area contributed by atoms with Gasteiger partial charge in [0, 0.05) is 18.4 Å². The second-order valence-corrected chi connectivity index (χ2v) is 11.7. The Bertz CT molecular complexity index is 1590. The van der Waals surface area contributed by atoms with E-state index in [4.69, 9.17) is 11.6 Å². The smallest absolute Gasteiger partial charge is 0.348 e. The Balaban J connectivity index is 1.84. The zero-order chi connectivity index (χ0) is 30.9. The third kappa shape index (κ3) is 8.19. The molecule has 0 aliphatic rings. The molecule has 2 heterocycles. The third-order valence-corrected chi connectivity index (χ3v) is 6.90. The number of rotatable bonds is 8. The fourth-order valence-electron chi connectivity index (χ4n) is 3.82. The van der Waals surface area contributed by atoms with Crippen LogP contribution in [-0.4, -0.2) is 53.0 Å². The normalized spacial score (nSPS) is 13.1. The van der Waals surface area contributed by atoms with E-state index in [0.29, 0.717) is 0 Å². The van der Waals surface area contributed by atoms with Crippen LogP contribution in [0.3, 0.4) is 0 Å². The molecule has 9 nitrogen and oxygen atoms in total. The van der Waals surface area contributed by atoms with Gasteiger partial charge in [0.15, 0.2) is 5.69 Å². The second kappa shape index (κ2) is 11.7. The average Bonchev–Trinajstić information content (AvgIpc) is 3.24. The lowest BCUT2D eigenvalue weighted by Crippen LogP contribution is -2.38. The minimum Gasteiger partial charge on any atom is -0.348 e. The highest BCUT2D eigenvalue weighted by atomic mass is 35.5. The zero-order valence-corrected chi connectivity index (χ0v) is 23.1. The van der Waals surface area contributed by atoms with Crippen molar-refractivity contribution in [2.45, 2.75) is 38.8 Å². The van der Waals surface area contributed by atoms with Crippen molar-refractivity contribution in [3.8, 4) is 0 Å². The highest BCUT2D eigenvalue weighted by molar-refractivity contribution is 7.90. The summed E-state index contributed by atoms with van der Waals surface area (Å²) < 4.78 is 102. The van der Waals surface area contributed by atoms with Crippen molar-refractivity contribution < 1.29 is 44.3 Å². The topological polar surface area (TPSA) is 123 Å². The summed E-state index contributed by atoms with van der Waals surface area (Å²) in [4.78, 5) is 30.0. The molecular formula is C24H22ClF6N5O4S. The summed E-state index contributed by atoms with van der Waals surface area (Å²) in [6, 6.07) is 5.62. The van der Waals surface area contributed by atoms with Crippen LogP contribution < -0.4 is 10.6 Å². The van der Waals surface area contributed by atoms with Crippen molar-refractivity contribution >= 4 is 38.9 Å². The molecule has 222 valence electrons. The molecule has 3 rings (SSSR count). The van der Waals surface area contributed by atoms with Crippen LogP contribution in [0.25, 0.3) is 0 Å². The Labute approximate surface area is 234 Å². The van der Waals surface area contributed by atoms with Gasteiger partial charge >= 0.3 is 12.4 Å². The maximum atomic E-state index is 13.3. The number of carbonyl (C=O) groups excluding carboxylic acids is 2. The lowest BCUT2D eigenvalue weighted by molar-refractivity contribution is -0.144. The molecule has 0 unspecified atom stereocenters. The summed E-state index contributed by atoms with van der Waals surface area (Å²) >= 11 is 6.16. The van der Waals surface area contributed by atoms with Crippen LogP contribution in [-0.2, 0) is 28.7 Å². The standard InChI is InChI=1S/C24H22ClF6N5O4S/c1-12(11-41(3,39)40)32-22(38)20-15(5-4-6-16(20)25)21(37)34-17-8-7-14(33-13(17)2)10-36-19(24(29,30)31)9-18(35-36)23(26,27)28/h4-9,12H,10-11H2,1-3H3,(H,32,38)(H,34,37)/t12-/m0/s1. The summed E-state index contributed by atoms with van der Waals surface area (Å²) in [6.07, 6.45) is -9.21. The Morgan fingerprint density at radius 1 is 1.05 bits per heavy atom. The van der Waals surface area contributed by atoms with Crippen LogP contribution in [0.2, 0.25) is 5.02 Å². The van der Waals surface area contributed by atoms with Gasteiger partial charge in [0.05, 0.1) is 45.5 Å². The van der Waals surface area contributed by atoms with Gasteiger partial charge in [0.1, 0.15) is 15.5 Å². The third-order valence-electron chi connectivity index (χ3n) is 5.48. The van der Waals surface area contributed by atoms with Crippen molar-refractivity contribution in [3.05, 3.63) is 75.3 Å². The van der Waals surface area contributed by atoms with Crippen molar-refractivity contribution in [3.63, 3.8) is 0 Å². The SMILES string of the molecule is Cc1nc(Cn2nc(C(F)(F)F)cc2C(F)(F)F)ccc1NC(=O)c1cccc(Cl)c1C(=O)N[C@@H](C)CS(C)(=O)=O. The molecule has 2 aromatic heterocycles. The molecule has 2 N–H and O–H groups in total. The number of halogens is 7. The largest absolute Gasteiger partial charge is 0.435 e. The molecule has 0 radical (unpaired) electrons. The number of benzene rings is 1. The summed E-state index contributed by atoms with van der Waals surface area (Å²) in [5.74, 6) is -1.98. The van der Waals surface area contributed by atoms with Gasteiger partial charge in [-0.05, 0) is 38.1 Å². The molecule has 1 atom stereocenters. The highest BCUT2D eigenvalue weighted by Gasteiger charge is 2.42. The van der Waals surface area contributed by atoms with Gasteiger partial charge in [-0.15, -0.1) is 0 Å². The zero-order valence-electron chi connectivity index (χ0n) is 21.5. The van der Waals surface area contributed by atoms with Crippen molar-refractivity contribution in [2.24, 2.45) is 0 Å². The molecule has 0 aliphatic carbocycles. The summed E-state index contributed by atoms with van der Waals surface area (Å²) in [5.41, 5.74) is -3.61. The fourth-order valence-corrected chi connectivity index (χ4v) is 5.07. The van der Waals surface area contributed by atoms with E-state index in [1.54, 1.807) is 0 Å². The molecule has 3 aromatic rings. The number of nitrogens with one attached hydrogen (secondary N) is 2. The number of aromatic nitrogens is 3.